The van der Waals surface area contributed by atoms with E-state index in [2.05, 4.69) is 20.2 Å². The third kappa shape index (κ3) is 4.56. The van der Waals surface area contributed by atoms with Crippen molar-refractivity contribution in [1.29, 1.82) is 0 Å². The van der Waals surface area contributed by atoms with Gasteiger partial charge >= 0.3 is 0 Å². The molecular weight excluding hydrogens is 330 g/mol. The van der Waals surface area contributed by atoms with E-state index in [9.17, 15) is 9.90 Å². The van der Waals surface area contributed by atoms with Gasteiger partial charge in [0.2, 0.25) is 0 Å². The standard InChI is InChI=1S/C19H25N5O2/c1-23(2)12-15-3-5-16(6-4-15)18(25)22-13-19(26)7-10-24(14-19)17-11-20-8-9-21-17/h3-6,8-9,11,26H,7,10,12-14H2,1-2H3,(H,22,25)/t19-/m1/s1. The molecule has 138 valence electrons. The van der Waals surface area contributed by atoms with Gasteiger partial charge in [-0.2, -0.15) is 0 Å². The highest BCUT2D eigenvalue weighted by Crippen LogP contribution is 2.24. The van der Waals surface area contributed by atoms with Gasteiger partial charge in [0, 0.05) is 44.1 Å². The molecule has 1 aromatic carbocycles. The predicted molar refractivity (Wildman–Crippen MR) is 100.0 cm³/mol. The molecule has 0 bridgehead atoms. The largest absolute Gasteiger partial charge is 0.386 e. The van der Waals surface area contributed by atoms with Crippen LogP contribution in [0.4, 0.5) is 5.82 Å². The lowest BCUT2D eigenvalue weighted by Gasteiger charge is -2.24. The minimum Gasteiger partial charge on any atom is -0.386 e. The first-order valence-corrected chi connectivity index (χ1v) is 8.70. The van der Waals surface area contributed by atoms with Crippen LogP contribution in [0.2, 0.25) is 0 Å². The molecule has 0 unspecified atom stereocenters. The highest BCUT2D eigenvalue weighted by Gasteiger charge is 2.37. The van der Waals surface area contributed by atoms with E-state index in [0.29, 0.717) is 25.1 Å². The normalized spacial score (nSPS) is 19.8. The van der Waals surface area contributed by atoms with Crippen molar-refractivity contribution >= 4 is 11.7 Å². The average Bonchev–Trinajstić information content (AvgIpc) is 3.03. The zero-order chi connectivity index (χ0) is 18.6. The Morgan fingerprint density at radius 2 is 2.08 bits per heavy atom. The molecule has 7 nitrogen and oxygen atoms in total. The predicted octanol–water partition coefficient (Wildman–Crippen LogP) is 0.909. The molecule has 0 radical (unpaired) electrons. The van der Waals surface area contributed by atoms with Crippen LogP contribution < -0.4 is 10.2 Å². The number of carbonyl (C=O) groups is 1. The maximum atomic E-state index is 12.4. The number of hydrogen-bond donors (Lipinski definition) is 2. The van der Waals surface area contributed by atoms with Gasteiger partial charge in [-0.3, -0.25) is 9.78 Å². The third-order valence-electron chi connectivity index (χ3n) is 4.50. The minimum absolute atomic E-state index is 0.173. The fourth-order valence-corrected chi connectivity index (χ4v) is 3.12. The van der Waals surface area contributed by atoms with E-state index in [4.69, 9.17) is 0 Å². The van der Waals surface area contributed by atoms with Gasteiger partial charge in [-0.15, -0.1) is 0 Å². The highest BCUT2D eigenvalue weighted by atomic mass is 16.3. The lowest BCUT2D eigenvalue weighted by atomic mass is 10.0. The van der Waals surface area contributed by atoms with E-state index in [-0.39, 0.29) is 12.5 Å². The Morgan fingerprint density at radius 3 is 2.73 bits per heavy atom. The van der Waals surface area contributed by atoms with E-state index in [1.807, 2.05) is 43.3 Å². The van der Waals surface area contributed by atoms with Gasteiger partial charge in [0.25, 0.3) is 5.91 Å². The second-order valence-electron chi connectivity index (χ2n) is 7.08. The average molecular weight is 355 g/mol. The van der Waals surface area contributed by atoms with Gasteiger partial charge in [-0.1, -0.05) is 12.1 Å². The number of aromatic nitrogens is 2. The summed E-state index contributed by atoms with van der Waals surface area (Å²) in [5, 5.41) is 13.6. The van der Waals surface area contributed by atoms with Crippen molar-refractivity contribution in [3.8, 4) is 0 Å². The molecule has 0 aliphatic carbocycles. The lowest BCUT2D eigenvalue weighted by molar-refractivity contribution is 0.0575. The van der Waals surface area contributed by atoms with Crippen molar-refractivity contribution in [1.82, 2.24) is 20.2 Å². The molecule has 1 atom stereocenters. The van der Waals surface area contributed by atoms with Gasteiger partial charge in [0.1, 0.15) is 11.4 Å². The molecule has 2 heterocycles. The van der Waals surface area contributed by atoms with Gasteiger partial charge in [-0.05, 0) is 38.2 Å². The number of amides is 1. The van der Waals surface area contributed by atoms with Crippen molar-refractivity contribution in [3.63, 3.8) is 0 Å². The number of benzene rings is 1. The molecule has 2 aromatic rings. The number of carbonyl (C=O) groups excluding carboxylic acids is 1. The van der Waals surface area contributed by atoms with Gasteiger partial charge < -0.3 is 20.2 Å². The molecule has 3 rings (SSSR count). The number of nitrogens with one attached hydrogen (secondary N) is 1. The summed E-state index contributed by atoms with van der Waals surface area (Å²) in [5.41, 5.74) is 0.790. The van der Waals surface area contributed by atoms with Crippen molar-refractivity contribution in [3.05, 3.63) is 54.0 Å². The van der Waals surface area contributed by atoms with Crippen LogP contribution >= 0.6 is 0 Å². The Balaban J connectivity index is 1.54. The molecule has 1 aromatic heterocycles. The summed E-state index contributed by atoms with van der Waals surface area (Å²) in [6.45, 7) is 2.15. The summed E-state index contributed by atoms with van der Waals surface area (Å²) in [7, 11) is 4.01. The van der Waals surface area contributed by atoms with Crippen molar-refractivity contribution < 1.29 is 9.90 Å². The molecule has 0 saturated carbocycles. The fourth-order valence-electron chi connectivity index (χ4n) is 3.12. The molecule has 2 N–H and O–H groups in total. The van der Waals surface area contributed by atoms with Gasteiger partial charge in [-0.25, -0.2) is 4.98 Å². The van der Waals surface area contributed by atoms with E-state index in [1.54, 1.807) is 18.6 Å². The number of nitrogens with zero attached hydrogens (tertiary/aromatic N) is 4. The van der Waals surface area contributed by atoms with E-state index in [1.165, 1.54) is 0 Å². The summed E-state index contributed by atoms with van der Waals surface area (Å²) >= 11 is 0. The maximum Gasteiger partial charge on any atom is 0.251 e. The Labute approximate surface area is 153 Å². The number of aliphatic hydroxyl groups is 1. The van der Waals surface area contributed by atoms with Crippen LogP contribution in [0.3, 0.4) is 0 Å². The summed E-state index contributed by atoms with van der Waals surface area (Å²) in [6, 6.07) is 7.54. The van der Waals surface area contributed by atoms with Crippen LogP contribution in [-0.4, -0.2) is 65.2 Å². The van der Waals surface area contributed by atoms with Crippen LogP contribution in [0.15, 0.2) is 42.9 Å². The van der Waals surface area contributed by atoms with Crippen LogP contribution in [0.25, 0.3) is 0 Å². The van der Waals surface area contributed by atoms with Gasteiger partial charge in [0.15, 0.2) is 0 Å². The van der Waals surface area contributed by atoms with Crippen LogP contribution in [0.1, 0.15) is 22.3 Å². The van der Waals surface area contributed by atoms with Crippen molar-refractivity contribution in [2.45, 2.75) is 18.6 Å². The quantitative estimate of drug-likeness (QED) is 0.802. The minimum atomic E-state index is -0.960. The summed E-state index contributed by atoms with van der Waals surface area (Å²) < 4.78 is 0. The summed E-state index contributed by atoms with van der Waals surface area (Å²) in [6.07, 6.45) is 5.51. The molecule has 1 amide bonds. The smallest absolute Gasteiger partial charge is 0.251 e. The zero-order valence-electron chi connectivity index (χ0n) is 15.2. The monoisotopic (exact) mass is 355 g/mol. The zero-order valence-corrected chi connectivity index (χ0v) is 15.2. The van der Waals surface area contributed by atoms with Crippen molar-refractivity contribution in [2.24, 2.45) is 0 Å². The third-order valence-corrected chi connectivity index (χ3v) is 4.50. The molecular formula is C19H25N5O2. The molecule has 26 heavy (non-hydrogen) atoms. The SMILES string of the molecule is CN(C)Cc1ccc(C(=O)NC[C@]2(O)CCN(c3cnccn3)C2)cc1. The second kappa shape index (κ2) is 7.80. The van der Waals surface area contributed by atoms with E-state index < -0.39 is 5.60 Å². The molecule has 1 saturated heterocycles. The van der Waals surface area contributed by atoms with Gasteiger partial charge in [0.05, 0.1) is 6.20 Å². The first kappa shape index (κ1) is 18.3. The van der Waals surface area contributed by atoms with Crippen LogP contribution in [0, 0.1) is 0 Å². The number of hydrogen-bond acceptors (Lipinski definition) is 6. The number of β-amino-alcohol motifs (C(OH)–C–C–N with tert-alkyl or cyclic N) is 1. The Hall–Kier alpha value is -2.51. The second-order valence-corrected chi connectivity index (χ2v) is 7.08. The molecule has 1 aliphatic heterocycles. The Morgan fingerprint density at radius 1 is 1.31 bits per heavy atom. The van der Waals surface area contributed by atoms with Crippen LogP contribution in [0.5, 0.6) is 0 Å². The topological polar surface area (TPSA) is 81.6 Å². The first-order chi connectivity index (χ1) is 12.5. The highest BCUT2D eigenvalue weighted by molar-refractivity contribution is 5.94. The Kier molecular flexibility index (Phi) is 5.49. The maximum absolute atomic E-state index is 12.4. The number of anilines is 1. The van der Waals surface area contributed by atoms with Crippen molar-refractivity contribution in [2.75, 3.05) is 38.6 Å². The van der Waals surface area contributed by atoms with Crippen LogP contribution in [-0.2, 0) is 6.54 Å². The molecule has 1 aliphatic rings. The summed E-state index contributed by atoms with van der Waals surface area (Å²) in [4.78, 5) is 24.7. The lowest BCUT2D eigenvalue weighted by Crippen LogP contribution is -2.45. The number of rotatable bonds is 6. The van der Waals surface area contributed by atoms with E-state index in [0.717, 1.165) is 17.9 Å². The molecule has 1 fully saturated rings. The molecule has 7 heteroatoms. The fraction of sp³-hybridized carbons (Fsp3) is 0.421. The van der Waals surface area contributed by atoms with E-state index >= 15 is 0 Å². The Bertz CT molecular complexity index is 735. The molecule has 0 spiro atoms. The first-order valence-electron chi connectivity index (χ1n) is 8.70. The summed E-state index contributed by atoms with van der Waals surface area (Å²) in [5.74, 6) is 0.569.